The van der Waals surface area contributed by atoms with Gasteiger partial charge < -0.3 is 15.2 Å². The van der Waals surface area contributed by atoms with Crippen LogP contribution in [0.2, 0.25) is 0 Å². The third kappa shape index (κ3) is 4.62. The molecule has 1 aromatic rings. The smallest absolute Gasteiger partial charge is 0.341 e. The molecule has 0 spiro atoms. The van der Waals surface area contributed by atoms with Crippen molar-refractivity contribution in [2.45, 2.75) is 27.2 Å². The summed E-state index contributed by atoms with van der Waals surface area (Å²) in [5, 5.41) is 11.4. The number of rotatable bonds is 6. The second kappa shape index (κ2) is 6.78. The molecule has 1 unspecified atom stereocenters. The number of amides is 1. The lowest BCUT2D eigenvalue weighted by Crippen LogP contribution is -2.20. The van der Waals surface area contributed by atoms with Crippen LogP contribution in [0.15, 0.2) is 18.2 Å². The molecule has 5 heteroatoms. The Hall–Kier alpha value is -2.04. The van der Waals surface area contributed by atoms with E-state index in [1.54, 1.807) is 18.2 Å². The van der Waals surface area contributed by atoms with E-state index in [0.29, 0.717) is 11.4 Å². The fourth-order valence-electron chi connectivity index (χ4n) is 1.45. The van der Waals surface area contributed by atoms with E-state index in [0.717, 1.165) is 12.0 Å². The normalized spacial score (nSPS) is 11.7. The van der Waals surface area contributed by atoms with Gasteiger partial charge in [0.25, 0.3) is 0 Å². The van der Waals surface area contributed by atoms with Crippen LogP contribution in [0, 0.1) is 12.8 Å². The van der Waals surface area contributed by atoms with E-state index in [9.17, 15) is 9.59 Å². The molecule has 19 heavy (non-hydrogen) atoms. The number of ether oxygens (including phenoxy) is 1. The van der Waals surface area contributed by atoms with Gasteiger partial charge in [0, 0.05) is 11.6 Å². The number of carbonyl (C=O) groups is 2. The van der Waals surface area contributed by atoms with E-state index < -0.39 is 5.97 Å². The van der Waals surface area contributed by atoms with Crippen molar-refractivity contribution in [3.63, 3.8) is 0 Å². The van der Waals surface area contributed by atoms with Gasteiger partial charge in [0.2, 0.25) is 5.91 Å². The topological polar surface area (TPSA) is 75.6 Å². The van der Waals surface area contributed by atoms with Crippen LogP contribution in [-0.4, -0.2) is 23.6 Å². The van der Waals surface area contributed by atoms with Crippen molar-refractivity contribution < 1.29 is 19.4 Å². The molecule has 0 aromatic heterocycles. The molecule has 0 heterocycles. The third-order valence-electron chi connectivity index (χ3n) is 2.88. The lowest BCUT2D eigenvalue weighted by Gasteiger charge is -2.13. The SMILES string of the molecule is CCC(C)C(=O)Nc1ccc(OCC(=O)O)cc1C. The minimum absolute atomic E-state index is 0.0233. The lowest BCUT2D eigenvalue weighted by atomic mass is 10.1. The Balaban J connectivity index is 2.72. The predicted octanol–water partition coefficient (Wildman–Crippen LogP) is 2.44. The zero-order valence-corrected chi connectivity index (χ0v) is 11.4. The Morgan fingerprint density at radius 3 is 2.63 bits per heavy atom. The molecule has 0 bridgehead atoms. The molecule has 1 amide bonds. The number of nitrogens with one attached hydrogen (secondary N) is 1. The molecule has 0 fully saturated rings. The van der Waals surface area contributed by atoms with Crippen LogP contribution < -0.4 is 10.1 Å². The van der Waals surface area contributed by atoms with Gasteiger partial charge in [-0.2, -0.15) is 0 Å². The van der Waals surface area contributed by atoms with Gasteiger partial charge in [0.05, 0.1) is 0 Å². The van der Waals surface area contributed by atoms with Crippen molar-refractivity contribution >= 4 is 17.6 Å². The van der Waals surface area contributed by atoms with Crippen molar-refractivity contribution in [2.24, 2.45) is 5.92 Å². The number of aryl methyl sites for hydroxylation is 1. The van der Waals surface area contributed by atoms with Crippen LogP contribution in [0.3, 0.4) is 0 Å². The van der Waals surface area contributed by atoms with E-state index in [-0.39, 0.29) is 18.4 Å². The number of carbonyl (C=O) groups excluding carboxylic acids is 1. The maximum Gasteiger partial charge on any atom is 0.341 e. The van der Waals surface area contributed by atoms with Crippen LogP contribution in [0.25, 0.3) is 0 Å². The average molecular weight is 265 g/mol. The Morgan fingerprint density at radius 2 is 2.11 bits per heavy atom. The fourth-order valence-corrected chi connectivity index (χ4v) is 1.45. The molecule has 1 rings (SSSR count). The van der Waals surface area contributed by atoms with Gasteiger partial charge in [-0.15, -0.1) is 0 Å². The van der Waals surface area contributed by atoms with E-state index in [1.165, 1.54) is 0 Å². The number of benzene rings is 1. The molecule has 0 radical (unpaired) electrons. The largest absolute Gasteiger partial charge is 0.482 e. The van der Waals surface area contributed by atoms with Crippen molar-refractivity contribution in [1.82, 2.24) is 0 Å². The van der Waals surface area contributed by atoms with Crippen molar-refractivity contribution in [2.75, 3.05) is 11.9 Å². The maximum absolute atomic E-state index is 11.8. The highest BCUT2D eigenvalue weighted by molar-refractivity contribution is 5.93. The highest BCUT2D eigenvalue weighted by atomic mass is 16.5. The van der Waals surface area contributed by atoms with Crippen LogP contribution >= 0.6 is 0 Å². The average Bonchev–Trinajstić information content (AvgIpc) is 2.38. The first-order valence-corrected chi connectivity index (χ1v) is 6.20. The summed E-state index contributed by atoms with van der Waals surface area (Å²) < 4.78 is 5.06. The first-order valence-electron chi connectivity index (χ1n) is 6.20. The van der Waals surface area contributed by atoms with Crippen LogP contribution in [0.1, 0.15) is 25.8 Å². The summed E-state index contributed by atoms with van der Waals surface area (Å²) in [4.78, 5) is 22.2. The molecule has 0 aliphatic carbocycles. The summed E-state index contributed by atoms with van der Waals surface area (Å²) in [7, 11) is 0. The molecule has 0 saturated heterocycles. The summed E-state index contributed by atoms with van der Waals surface area (Å²) >= 11 is 0. The standard InChI is InChI=1S/C14H19NO4/c1-4-9(2)14(18)15-12-6-5-11(7-10(12)3)19-8-13(16)17/h5-7,9H,4,8H2,1-3H3,(H,15,18)(H,16,17). The third-order valence-corrected chi connectivity index (χ3v) is 2.88. The zero-order valence-electron chi connectivity index (χ0n) is 11.4. The summed E-state index contributed by atoms with van der Waals surface area (Å²) in [6.45, 7) is 5.28. The Morgan fingerprint density at radius 1 is 1.42 bits per heavy atom. The quantitative estimate of drug-likeness (QED) is 0.828. The molecular formula is C14H19NO4. The minimum atomic E-state index is -1.02. The summed E-state index contributed by atoms with van der Waals surface area (Å²) in [6, 6.07) is 5.06. The maximum atomic E-state index is 11.8. The van der Waals surface area contributed by atoms with Crippen LogP contribution in [0.5, 0.6) is 5.75 Å². The van der Waals surface area contributed by atoms with E-state index >= 15 is 0 Å². The van der Waals surface area contributed by atoms with Gasteiger partial charge >= 0.3 is 5.97 Å². The van der Waals surface area contributed by atoms with Crippen molar-refractivity contribution in [3.05, 3.63) is 23.8 Å². The molecule has 0 aliphatic rings. The second-order valence-electron chi connectivity index (χ2n) is 4.46. The van der Waals surface area contributed by atoms with E-state index in [1.807, 2.05) is 20.8 Å². The highest BCUT2D eigenvalue weighted by Gasteiger charge is 2.12. The molecular weight excluding hydrogens is 246 g/mol. The number of anilines is 1. The predicted molar refractivity (Wildman–Crippen MR) is 72.4 cm³/mol. The lowest BCUT2D eigenvalue weighted by molar-refractivity contribution is -0.139. The Kier molecular flexibility index (Phi) is 5.36. The van der Waals surface area contributed by atoms with Crippen molar-refractivity contribution in [3.8, 4) is 5.75 Å². The van der Waals surface area contributed by atoms with Gasteiger partial charge in [-0.3, -0.25) is 4.79 Å². The number of carboxylic acids is 1. The van der Waals surface area contributed by atoms with E-state index in [2.05, 4.69) is 5.32 Å². The van der Waals surface area contributed by atoms with Crippen molar-refractivity contribution in [1.29, 1.82) is 0 Å². The van der Waals surface area contributed by atoms with Gasteiger partial charge in [-0.05, 0) is 37.1 Å². The molecule has 2 N–H and O–H groups in total. The molecule has 1 atom stereocenters. The summed E-state index contributed by atoms with van der Waals surface area (Å²) in [5.74, 6) is -0.611. The zero-order chi connectivity index (χ0) is 14.4. The summed E-state index contributed by atoms with van der Waals surface area (Å²) in [5.41, 5.74) is 1.55. The van der Waals surface area contributed by atoms with Gasteiger partial charge in [-0.25, -0.2) is 4.79 Å². The molecule has 1 aromatic carbocycles. The van der Waals surface area contributed by atoms with E-state index in [4.69, 9.17) is 9.84 Å². The number of aliphatic carboxylic acids is 1. The molecule has 104 valence electrons. The second-order valence-corrected chi connectivity index (χ2v) is 4.46. The van der Waals surface area contributed by atoms with Gasteiger partial charge in [0.1, 0.15) is 5.75 Å². The number of hydrogen-bond donors (Lipinski definition) is 2. The number of carboxylic acid groups (broad SMARTS) is 1. The van der Waals surface area contributed by atoms with Gasteiger partial charge in [0.15, 0.2) is 6.61 Å². The summed E-state index contributed by atoms with van der Waals surface area (Å²) in [6.07, 6.45) is 0.782. The minimum Gasteiger partial charge on any atom is -0.482 e. The van der Waals surface area contributed by atoms with Crippen LogP contribution in [0.4, 0.5) is 5.69 Å². The van der Waals surface area contributed by atoms with Crippen LogP contribution in [-0.2, 0) is 9.59 Å². The Labute approximate surface area is 112 Å². The highest BCUT2D eigenvalue weighted by Crippen LogP contribution is 2.22. The monoisotopic (exact) mass is 265 g/mol. The number of hydrogen-bond acceptors (Lipinski definition) is 3. The van der Waals surface area contributed by atoms with Gasteiger partial charge in [-0.1, -0.05) is 13.8 Å². The molecule has 0 saturated carbocycles. The fraction of sp³-hybridized carbons (Fsp3) is 0.429. The Bertz CT molecular complexity index is 471. The first kappa shape index (κ1) is 15.0. The molecule has 5 nitrogen and oxygen atoms in total. The first-order chi connectivity index (χ1) is 8.93. The molecule has 0 aliphatic heterocycles.